The fourth-order valence-electron chi connectivity index (χ4n) is 29.3. The van der Waals surface area contributed by atoms with Crippen molar-refractivity contribution in [3.8, 4) is 0 Å². The molecule has 0 bridgehead atoms. The van der Waals surface area contributed by atoms with Crippen molar-refractivity contribution in [1.29, 1.82) is 0 Å². The number of hydrogen-bond donors (Lipinski definition) is 0. The first-order valence-corrected chi connectivity index (χ1v) is 54.8. The van der Waals surface area contributed by atoms with Crippen LogP contribution in [0.3, 0.4) is 0 Å². The molecular formula is C125H250. The zero-order valence-electron chi connectivity index (χ0n) is 99.6. The van der Waals surface area contributed by atoms with Crippen LogP contribution in [0.4, 0.5) is 0 Å². The topological polar surface area (TPSA) is 0 Å². The van der Waals surface area contributed by atoms with E-state index in [0.717, 1.165) is 35.5 Å². The van der Waals surface area contributed by atoms with Crippen molar-refractivity contribution in [2.75, 3.05) is 0 Å². The lowest BCUT2D eigenvalue weighted by Gasteiger charge is -2.60. The summed E-state index contributed by atoms with van der Waals surface area (Å²) in [5.74, 6) is 5.12. The summed E-state index contributed by atoms with van der Waals surface area (Å²) in [6.45, 7) is 145. The van der Waals surface area contributed by atoms with Gasteiger partial charge in [0.25, 0.3) is 0 Å². The lowest BCUT2D eigenvalue weighted by molar-refractivity contribution is -0.103. The zero-order valence-corrected chi connectivity index (χ0v) is 99.6. The molecule has 0 spiro atoms. The maximum Gasteiger partial charge on any atom is -0.0215 e. The van der Waals surface area contributed by atoms with Gasteiger partial charge in [-0.3, -0.25) is 0 Å². The predicted octanol–water partition coefficient (Wildman–Crippen LogP) is 44.0. The van der Waals surface area contributed by atoms with E-state index in [2.05, 4.69) is 415 Å². The Kier molecular flexibility index (Phi) is 41.1. The lowest BCUT2D eigenvalue weighted by atomic mass is 9.45. The van der Waals surface area contributed by atoms with Crippen LogP contribution >= 0.6 is 0 Å². The molecule has 9 aliphatic rings. The van der Waals surface area contributed by atoms with Gasteiger partial charge in [0.15, 0.2) is 0 Å². The Morgan fingerprint density at radius 2 is 0.344 bits per heavy atom. The normalized spacial score (nSPS) is 23.3. The molecule has 6 atom stereocenters. The van der Waals surface area contributed by atoms with Gasteiger partial charge in [0, 0.05) is 0 Å². The fraction of sp³-hybridized carbons (Fsp3) is 1.00. The molecule has 9 aliphatic carbocycles. The molecule has 0 heterocycles. The Labute approximate surface area is 797 Å². The van der Waals surface area contributed by atoms with Crippen molar-refractivity contribution in [2.45, 2.75) is 621 Å². The van der Waals surface area contributed by atoms with Crippen LogP contribution in [0.1, 0.15) is 621 Å². The van der Waals surface area contributed by atoms with Gasteiger partial charge in [0.2, 0.25) is 0 Å². The van der Waals surface area contributed by atoms with Crippen LogP contribution in [-0.4, -0.2) is 0 Å². The molecule has 0 aliphatic heterocycles. The molecule has 750 valence electrons. The quantitative estimate of drug-likeness (QED) is 0.172. The fourth-order valence-corrected chi connectivity index (χ4v) is 29.3. The summed E-state index contributed by atoms with van der Waals surface area (Å²) >= 11 is 0. The van der Waals surface area contributed by atoms with Crippen LogP contribution in [0.2, 0.25) is 0 Å². The minimum atomic E-state index is 0.442. The Morgan fingerprint density at radius 1 is 0.176 bits per heavy atom. The van der Waals surface area contributed by atoms with E-state index in [1.807, 2.05) is 0 Å². The molecule has 0 radical (unpaired) electrons. The summed E-state index contributed by atoms with van der Waals surface area (Å²) in [5.41, 5.74) is 14.2. The van der Waals surface area contributed by atoms with Crippen LogP contribution in [0, 0.1) is 182 Å². The van der Waals surface area contributed by atoms with Gasteiger partial charge in [-0.05, 0) is 323 Å². The van der Waals surface area contributed by atoms with Gasteiger partial charge in [0.1, 0.15) is 0 Å². The second-order valence-electron chi connectivity index (χ2n) is 65.8. The van der Waals surface area contributed by atoms with Gasteiger partial charge in [-0.25, -0.2) is 0 Å². The highest BCUT2D eigenvalue weighted by molar-refractivity contribution is 5.12. The molecule has 125 heavy (non-hydrogen) atoms. The summed E-state index contributed by atoms with van der Waals surface area (Å²) in [6, 6.07) is 0. The van der Waals surface area contributed by atoms with Gasteiger partial charge in [-0.2, -0.15) is 0 Å². The molecular weight excluding hydrogens is 1500 g/mol. The number of hydrogen-bond acceptors (Lipinski definition) is 0. The first kappa shape index (κ1) is 123. The molecule has 0 aromatic heterocycles. The van der Waals surface area contributed by atoms with E-state index in [1.54, 1.807) is 0 Å². The summed E-state index contributed by atoms with van der Waals surface area (Å²) < 4.78 is 0. The van der Waals surface area contributed by atoms with Crippen LogP contribution in [0.25, 0.3) is 0 Å². The average molecular weight is 1750 g/mol. The molecule has 0 nitrogen and oxygen atoms in total. The van der Waals surface area contributed by atoms with E-state index in [-0.39, 0.29) is 0 Å². The summed E-state index contributed by atoms with van der Waals surface area (Å²) in [4.78, 5) is 0. The standard InChI is InChI=1S/3C15H30.3C14H28.2C13H26.C12H24/c1-12(13(2,3)4)15(14(5,6)7)10-8-9-11-15;1-8-12(13(2,3)4)15(10-9-11-15)14(5,6)7;1-8-9-12(13(2,3)4)15(10-11-15)14(5,6)7;1-11(12(2,3)4)14(9-8-10-14)13(5,6)7;1-12(2,3)11-14(13(4,5)6)9-7-8-10-14;1-8-11(12(2,3)4)14(9-10-14)13(5,6)7;1-10(11(2,3)4)13(8-9-13)12(5,6)7;1-11(2,3)10-13(8-7-9-13)12(4,5)6;1-10(2,3)9-12(7-8-12)11(4,5)6/h3*12H,8-11H2,1-7H3;11H,8-10H2,1-7H3;7-11H2,1-6H3;11H,8-10H2,1-7H3;10H,8-9H2,1-7H3;7-10H2,1-6H3;7-9H2,1-6H3. The maximum atomic E-state index is 2.48. The third-order valence-electron chi connectivity index (χ3n) is 39.3. The SMILES string of the molecule is CC(C(C)(C)C)C1(C(C)(C)C)CC1.CC(C(C)(C)C)C1(C(C)(C)C)CCC1.CC(C(C)(C)C)C1(C(C)(C)C)CCCC1.CC(C)(C)CC1(C(C)(C)C)CC1.CC(C)(C)CC1(C(C)(C)C)CCC1.CC(C)(C)CC1(C(C)(C)C)CCCC1.CCC(C(C)(C)C)C1(C(C)(C)C)CC1.CCC(C(C)(C)C)C1(C(C)(C)C)CCC1.CCCC(C(C)(C)C)C1(C(C)(C)C)CC1. The van der Waals surface area contributed by atoms with Gasteiger partial charge < -0.3 is 0 Å². The molecule has 0 heteroatoms. The largest absolute Gasteiger partial charge is 0.0654 e. The smallest absolute Gasteiger partial charge is 0.0215 e. The maximum absolute atomic E-state index is 2.48. The average Bonchev–Trinajstić information content (AvgIpc) is 1.67. The van der Waals surface area contributed by atoms with Crippen molar-refractivity contribution >= 4 is 0 Å². The van der Waals surface area contributed by atoms with Crippen molar-refractivity contribution in [3.05, 3.63) is 0 Å². The monoisotopic (exact) mass is 1750 g/mol. The first-order valence-electron chi connectivity index (χ1n) is 54.8. The van der Waals surface area contributed by atoms with Gasteiger partial charge >= 0.3 is 0 Å². The van der Waals surface area contributed by atoms with Gasteiger partial charge in [-0.1, -0.05) is 480 Å². The van der Waals surface area contributed by atoms with E-state index in [1.165, 1.54) is 205 Å². The summed E-state index contributed by atoms with van der Waals surface area (Å²) in [7, 11) is 0. The lowest BCUT2D eigenvalue weighted by Crippen LogP contribution is -2.51. The molecule has 9 rings (SSSR count). The zero-order chi connectivity index (χ0) is 99.6. The van der Waals surface area contributed by atoms with Crippen LogP contribution in [0.15, 0.2) is 0 Å². The van der Waals surface area contributed by atoms with Crippen molar-refractivity contribution in [3.63, 3.8) is 0 Å². The molecule has 6 unspecified atom stereocenters. The second kappa shape index (κ2) is 41.7. The highest BCUT2D eigenvalue weighted by Gasteiger charge is 2.63. The van der Waals surface area contributed by atoms with Gasteiger partial charge in [0.05, 0.1) is 0 Å². The summed E-state index contributed by atoms with van der Waals surface area (Å²) in [6.07, 6.45) is 45.8. The Bertz CT molecular complexity index is 3010. The van der Waals surface area contributed by atoms with Crippen molar-refractivity contribution in [1.82, 2.24) is 0 Å². The van der Waals surface area contributed by atoms with Crippen molar-refractivity contribution in [2.24, 2.45) is 182 Å². The van der Waals surface area contributed by atoms with Gasteiger partial charge in [-0.15, -0.1) is 0 Å². The van der Waals surface area contributed by atoms with Crippen LogP contribution in [0.5, 0.6) is 0 Å². The van der Waals surface area contributed by atoms with Crippen molar-refractivity contribution < 1.29 is 0 Å². The van der Waals surface area contributed by atoms with E-state index >= 15 is 0 Å². The molecule has 0 aromatic carbocycles. The first-order chi connectivity index (χ1) is 54.8. The highest BCUT2D eigenvalue weighted by atomic mass is 14.7. The molecule has 0 saturated heterocycles. The highest BCUT2D eigenvalue weighted by Crippen LogP contribution is 2.72. The minimum absolute atomic E-state index is 0.442. The minimum Gasteiger partial charge on any atom is -0.0654 e. The van der Waals surface area contributed by atoms with Crippen LogP contribution < -0.4 is 0 Å². The molecule has 0 N–H and O–H groups in total. The van der Waals surface area contributed by atoms with Crippen LogP contribution in [-0.2, 0) is 0 Å². The Balaban J connectivity index is 0.000000704. The summed E-state index contributed by atoms with van der Waals surface area (Å²) in [5, 5.41) is 0. The Morgan fingerprint density at radius 3 is 0.456 bits per heavy atom. The molecule has 9 fully saturated rings. The van der Waals surface area contributed by atoms with E-state index in [4.69, 9.17) is 0 Å². The molecule has 9 saturated carbocycles. The predicted molar refractivity (Wildman–Crippen MR) is 575 cm³/mol. The third kappa shape index (κ3) is 32.0. The van der Waals surface area contributed by atoms with E-state index in [9.17, 15) is 0 Å². The number of rotatable bonds is 13. The van der Waals surface area contributed by atoms with E-state index in [0.29, 0.717) is 146 Å². The third-order valence-corrected chi connectivity index (χ3v) is 39.3. The molecule has 0 aromatic rings. The second-order valence-corrected chi connectivity index (χ2v) is 65.8. The van der Waals surface area contributed by atoms with E-state index < -0.39 is 0 Å². The Hall–Kier alpha value is 0. The molecule has 0 amide bonds.